The Morgan fingerprint density at radius 2 is 1.57 bits per heavy atom. The van der Waals surface area contributed by atoms with E-state index in [1.807, 2.05) is 39.0 Å². The number of carbonyl (C=O) groups is 2. The van der Waals surface area contributed by atoms with E-state index in [9.17, 15) is 18.0 Å². The van der Waals surface area contributed by atoms with E-state index in [0.29, 0.717) is 22.8 Å². The van der Waals surface area contributed by atoms with E-state index in [4.69, 9.17) is 16.4 Å². The van der Waals surface area contributed by atoms with Gasteiger partial charge in [-0.15, -0.1) is 0 Å². The minimum absolute atomic E-state index is 0.165. The summed E-state index contributed by atoms with van der Waals surface area (Å²) >= 11 is 6.05. The van der Waals surface area contributed by atoms with Gasteiger partial charge in [-0.25, -0.2) is 13.4 Å². The average Bonchev–Trinajstić information content (AvgIpc) is 2.99. The third kappa shape index (κ3) is 6.47. The van der Waals surface area contributed by atoms with Crippen LogP contribution < -0.4 is 5.06 Å². The van der Waals surface area contributed by atoms with Gasteiger partial charge in [-0.2, -0.15) is 9.37 Å². The van der Waals surface area contributed by atoms with Gasteiger partial charge in [-0.3, -0.25) is 14.4 Å². The molecular formula is C31H31ClN4O5S. The van der Waals surface area contributed by atoms with Crippen LogP contribution in [-0.4, -0.2) is 66.7 Å². The molecule has 0 saturated carbocycles. The van der Waals surface area contributed by atoms with Crippen LogP contribution in [0.5, 0.6) is 0 Å². The number of benzene rings is 3. The van der Waals surface area contributed by atoms with Crippen LogP contribution in [0.2, 0.25) is 5.02 Å². The molecule has 1 fully saturated rings. The highest BCUT2D eigenvalue weighted by Crippen LogP contribution is 2.27. The molecule has 2 amide bonds. The molecule has 4 aromatic rings. The van der Waals surface area contributed by atoms with Crippen LogP contribution in [0.1, 0.15) is 31.1 Å². The predicted molar refractivity (Wildman–Crippen MR) is 163 cm³/mol. The van der Waals surface area contributed by atoms with E-state index in [1.54, 1.807) is 65.7 Å². The van der Waals surface area contributed by atoms with Gasteiger partial charge in [0.15, 0.2) is 5.82 Å². The lowest BCUT2D eigenvalue weighted by molar-refractivity contribution is -0.120. The molecular weight excluding hydrogens is 576 g/mol. The van der Waals surface area contributed by atoms with E-state index in [0.717, 1.165) is 27.0 Å². The number of anilines is 1. The number of carbonyl (C=O) groups excluding carboxylic acids is 2. The number of pyridine rings is 1. The molecule has 11 heteroatoms. The molecule has 1 aliphatic heterocycles. The minimum atomic E-state index is -3.71. The molecule has 1 aliphatic rings. The number of sulfonamides is 1. The van der Waals surface area contributed by atoms with Crippen molar-refractivity contribution in [3.8, 4) is 11.1 Å². The highest BCUT2D eigenvalue weighted by atomic mass is 35.5. The van der Waals surface area contributed by atoms with Gasteiger partial charge >= 0.3 is 0 Å². The van der Waals surface area contributed by atoms with Crippen molar-refractivity contribution in [3.63, 3.8) is 0 Å². The van der Waals surface area contributed by atoms with Crippen molar-refractivity contribution in [2.45, 2.75) is 31.3 Å². The van der Waals surface area contributed by atoms with Gasteiger partial charge in [-0.1, -0.05) is 35.9 Å². The first-order valence-corrected chi connectivity index (χ1v) is 15.3. The highest BCUT2D eigenvalue weighted by molar-refractivity contribution is 7.89. The molecule has 1 saturated heterocycles. The molecule has 42 heavy (non-hydrogen) atoms. The van der Waals surface area contributed by atoms with Gasteiger partial charge in [0.1, 0.15) is 0 Å². The number of hydrogen-bond donors (Lipinski definition) is 0. The molecule has 9 nitrogen and oxygen atoms in total. The first kappa shape index (κ1) is 29.7. The maximum atomic E-state index is 13.3. The summed E-state index contributed by atoms with van der Waals surface area (Å²) in [6, 6.07) is 21.0. The fourth-order valence-electron chi connectivity index (χ4n) is 4.76. The van der Waals surface area contributed by atoms with Crippen molar-refractivity contribution in [1.29, 1.82) is 0 Å². The van der Waals surface area contributed by atoms with E-state index in [-0.39, 0.29) is 37.0 Å². The lowest BCUT2D eigenvalue weighted by Crippen LogP contribution is -2.50. The second kappa shape index (κ2) is 11.8. The van der Waals surface area contributed by atoms with Gasteiger partial charge in [0.25, 0.3) is 5.91 Å². The molecule has 0 radical (unpaired) electrons. The number of piperazine rings is 1. The summed E-state index contributed by atoms with van der Waals surface area (Å²) in [5.41, 5.74) is 1.56. The van der Waals surface area contributed by atoms with Gasteiger partial charge in [0.05, 0.1) is 10.5 Å². The Hall–Kier alpha value is -3.83. The number of rotatable bonds is 7. The predicted octanol–water partition coefficient (Wildman–Crippen LogP) is 5.39. The number of hydrogen-bond acceptors (Lipinski definition) is 6. The van der Waals surface area contributed by atoms with E-state index >= 15 is 0 Å². The van der Waals surface area contributed by atoms with E-state index in [2.05, 4.69) is 4.98 Å². The SMILES string of the molecule is CC(C)(C)ON(C=O)c1cc(-c2ccc(C(=O)N3CCN(S(=O)(=O)c4ccc5cc(Cl)ccc5c4)CC3)cc2)ccn1. The zero-order chi connectivity index (χ0) is 30.1. The minimum Gasteiger partial charge on any atom is -0.336 e. The number of nitrogens with zero attached hydrogens (tertiary/aromatic N) is 4. The van der Waals surface area contributed by atoms with Crippen molar-refractivity contribution < 1.29 is 22.8 Å². The standard InChI is InChI=1S/C31H31ClN4O5S/c1-31(2,3)41-36(21-37)29-20-26(12-13-33-29)22-4-6-23(7-5-22)30(38)34-14-16-35(17-15-34)42(39,40)28-11-9-24-18-27(32)10-8-25(24)19-28/h4-13,18-21H,14-17H2,1-3H3. The summed E-state index contributed by atoms with van der Waals surface area (Å²) in [6.45, 7) is 6.48. The molecule has 2 heterocycles. The molecule has 5 rings (SSSR count). The lowest BCUT2D eigenvalue weighted by Gasteiger charge is -2.34. The Kier molecular flexibility index (Phi) is 8.34. The Bertz CT molecular complexity index is 1730. The summed E-state index contributed by atoms with van der Waals surface area (Å²) in [6.07, 6.45) is 2.16. The Labute approximate surface area is 250 Å². The number of halogens is 1. The molecule has 0 aliphatic carbocycles. The number of hydroxylamine groups is 1. The maximum absolute atomic E-state index is 13.3. The molecule has 1 aromatic heterocycles. The first-order chi connectivity index (χ1) is 19.9. The van der Waals surface area contributed by atoms with Crippen molar-refractivity contribution in [1.82, 2.24) is 14.2 Å². The highest BCUT2D eigenvalue weighted by Gasteiger charge is 2.30. The summed E-state index contributed by atoms with van der Waals surface area (Å²) in [7, 11) is -3.71. The van der Waals surface area contributed by atoms with Crippen LogP contribution >= 0.6 is 11.6 Å². The van der Waals surface area contributed by atoms with Crippen molar-refractivity contribution in [2.24, 2.45) is 0 Å². The summed E-state index contributed by atoms with van der Waals surface area (Å²) in [5.74, 6) is 0.181. The molecule has 0 spiro atoms. The van der Waals surface area contributed by atoms with Crippen LogP contribution in [0, 0.1) is 0 Å². The Balaban J connectivity index is 1.24. The molecule has 3 aromatic carbocycles. The van der Waals surface area contributed by atoms with Crippen LogP contribution in [-0.2, 0) is 19.7 Å². The van der Waals surface area contributed by atoms with Crippen molar-refractivity contribution >= 4 is 50.5 Å². The zero-order valence-electron chi connectivity index (χ0n) is 23.5. The van der Waals surface area contributed by atoms with Gasteiger partial charge in [0, 0.05) is 43.0 Å². The smallest absolute Gasteiger partial charge is 0.253 e. The Morgan fingerprint density at radius 3 is 2.24 bits per heavy atom. The fourth-order valence-corrected chi connectivity index (χ4v) is 6.40. The van der Waals surface area contributed by atoms with Gasteiger partial charge in [-0.05, 0) is 91.2 Å². The second-order valence-corrected chi connectivity index (χ2v) is 13.3. The topological polar surface area (TPSA) is 100 Å². The molecule has 218 valence electrons. The van der Waals surface area contributed by atoms with Crippen molar-refractivity contribution in [2.75, 3.05) is 31.2 Å². The third-order valence-electron chi connectivity index (χ3n) is 6.84. The van der Waals surface area contributed by atoms with Crippen LogP contribution in [0.25, 0.3) is 21.9 Å². The summed E-state index contributed by atoms with van der Waals surface area (Å²) < 4.78 is 28.1. The number of amides is 2. The maximum Gasteiger partial charge on any atom is 0.253 e. The first-order valence-electron chi connectivity index (χ1n) is 13.4. The summed E-state index contributed by atoms with van der Waals surface area (Å²) in [4.78, 5) is 36.6. The van der Waals surface area contributed by atoms with Crippen LogP contribution in [0.4, 0.5) is 5.82 Å². The second-order valence-electron chi connectivity index (χ2n) is 11.0. The monoisotopic (exact) mass is 606 g/mol. The summed E-state index contributed by atoms with van der Waals surface area (Å²) in [5, 5.41) is 3.34. The van der Waals surface area contributed by atoms with Crippen LogP contribution in [0.15, 0.2) is 83.9 Å². The quantitative estimate of drug-likeness (QED) is 0.206. The normalized spacial score (nSPS) is 14.6. The Morgan fingerprint density at radius 1 is 0.905 bits per heavy atom. The van der Waals surface area contributed by atoms with E-state index in [1.165, 1.54) is 4.31 Å². The van der Waals surface area contributed by atoms with Gasteiger partial charge in [0.2, 0.25) is 16.4 Å². The van der Waals surface area contributed by atoms with Crippen molar-refractivity contribution in [3.05, 3.63) is 89.6 Å². The fraction of sp³-hybridized carbons (Fsp3) is 0.258. The molecule has 0 bridgehead atoms. The molecule has 0 unspecified atom stereocenters. The average molecular weight is 607 g/mol. The number of fused-ring (bicyclic) bond motifs is 1. The van der Waals surface area contributed by atoms with E-state index < -0.39 is 15.6 Å². The lowest BCUT2D eigenvalue weighted by atomic mass is 10.0. The van der Waals surface area contributed by atoms with Crippen LogP contribution in [0.3, 0.4) is 0 Å². The molecule has 0 N–H and O–H groups in total. The number of aromatic nitrogens is 1. The largest absolute Gasteiger partial charge is 0.336 e. The van der Waals surface area contributed by atoms with Gasteiger partial charge < -0.3 is 4.90 Å². The third-order valence-corrected chi connectivity index (χ3v) is 8.97. The molecule has 0 atom stereocenters. The zero-order valence-corrected chi connectivity index (χ0v) is 25.1.